The van der Waals surface area contributed by atoms with Gasteiger partial charge in [-0.05, 0) is 27.3 Å². The van der Waals surface area contributed by atoms with Crippen molar-refractivity contribution in [1.82, 2.24) is 5.32 Å². The normalized spacial score (nSPS) is 11.9. The Balaban J connectivity index is 0. The van der Waals surface area contributed by atoms with Crippen LogP contribution in [0.1, 0.15) is 27.7 Å². The van der Waals surface area contributed by atoms with E-state index in [2.05, 4.69) is 25.4 Å². The topological polar surface area (TPSA) is 56.5 Å². The third-order valence-corrected chi connectivity index (χ3v) is 4.35. The van der Waals surface area contributed by atoms with E-state index in [1.807, 2.05) is 13.8 Å². The Hall–Kier alpha value is 0.190. The molecule has 0 aliphatic rings. The van der Waals surface area contributed by atoms with E-state index in [1.54, 1.807) is 0 Å². The number of rotatable bonds is 8. The van der Waals surface area contributed by atoms with Crippen molar-refractivity contribution in [1.29, 1.82) is 0 Å². The molecule has 16 heavy (non-hydrogen) atoms. The highest BCUT2D eigenvalue weighted by molar-refractivity contribution is 8.25. The van der Waals surface area contributed by atoms with Gasteiger partial charge in [-0.3, -0.25) is 8.37 Å². The average Bonchev–Trinajstić information content (AvgIpc) is 2.28. The molecule has 0 amide bonds. The predicted octanol–water partition coefficient (Wildman–Crippen LogP) is 1.90. The van der Waals surface area contributed by atoms with Crippen molar-refractivity contribution in [3.63, 3.8) is 0 Å². The van der Waals surface area contributed by atoms with Crippen molar-refractivity contribution in [3.05, 3.63) is 0 Å². The monoisotopic (exact) mass is 254 g/mol. The molecule has 0 atom stereocenters. The van der Waals surface area contributed by atoms with Crippen molar-refractivity contribution in [2.75, 3.05) is 44.9 Å². The molecule has 3 N–H and O–H groups in total. The highest BCUT2D eigenvalue weighted by Crippen LogP contribution is 2.45. The van der Waals surface area contributed by atoms with Gasteiger partial charge in [-0.15, -0.1) is 0 Å². The smallest absolute Gasteiger partial charge is 0.0685 e. The Bertz CT molecular complexity index is 127. The first-order valence-corrected chi connectivity index (χ1v) is 8.11. The molecule has 0 radical (unpaired) electrons. The third-order valence-electron chi connectivity index (χ3n) is 1.83. The van der Waals surface area contributed by atoms with Gasteiger partial charge in [0.15, 0.2) is 0 Å². The van der Waals surface area contributed by atoms with E-state index in [4.69, 9.17) is 14.1 Å². The molecule has 0 heterocycles. The van der Waals surface area contributed by atoms with Crippen LogP contribution in [0.5, 0.6) is 0 Å². The van der Waals surface area contributed by atoms with Gasteiger partial charge in [-0.2, -0.15) is 10.6 Å². The summed E-state index contributed by atoms with van der Waals surface area (Å²) in [5.41, 5.74) is 5.15. The average molecular weight is 254 g/mol. The van der Waals surface area contributed by atoms with Crippen LogP contribution >= 0.6 is 10.6 Å². The van der Waals surface area contributed by atoms with Crippen LogP contribution in [0.15, 0.2) is 0 Å². The van der Waals surface area contributed by atoms with Gasteiger partial charge in [0, 0.05) is 25.1 Å². The standard InChI is InChI=1S/C7H18O2S.C4H12N2/c1-5-8-10(4,7-3)9-6-2;1-2-6-4-3-5/h5-7H2,1-4H3;6H,2-5H2,1H3. The molecule has 5 heteroatoms. The summed E-state index contributed by atoms with van der Waals surface area (Å²) in [6, 6.07) is 0. The third kappa shape index (κ3) is 12.3. The first-order chi connectivity index (χ1) is 7.60. The summed E-state index contributed by atoms with van der Waals surface area (Å²) in [4.78, 5) is 0. The van der Waals surface area contributed by atoms with Gasteiger partial charge in [-0.25, -0.2) is 0 Å². The summed E-state index contributed by atoms with van der Waals surface area (Å²) in [6.07, 6.45) is 2.06. The molecular formula is C11H30N2O2S. The van der Waals surface area contributed by atoms with Crippen molar-refractivity contribution in [3.8, 4) is 0 Å². The lowest BCUT2D eigenvalue weighted by Crippen LogP contribution is -2.21. The Labute approximate surface area is 103 Å². The maximum Gasteiger partial charge on any atom is 0.0685 e. The second kappa shape index (κ2) is 13.3. The van der Waals surface area contributed by atoms with E-state index in [-0.39, 0.29) is 0 Å². The quantitative estimate of drug-likeness (QED) is 0.650. The molecule has 0 aromatic heterocycles. The highest BCUT2D eigenvalue weighted by atomic mass is 32.3. The lowest BCUT2D eigenvalue weighted by Gasteiger charge is -2.37. The summed E-state index contributed by atoms with van der Waals surface area (Å²) in [7, 11) is -1.18. The maximum absolute atomic E-state index is 5.48. The van der Waals surface area contributed by atoms with E-state index >= 15 is 0 Å². The maximum atomic E-state index is 5.48. The first-order valence-electron chi connectivity index (χ1n) is 6.05. The number of likely N-dealkylation sites (N-methyl/N-ethyl adjacent to an activating group) is 1. The molecule has 4 nitrogen and oxygen atoms in total. The molecule has 0 aliphatic heterocycles. The molecule has 0 aromatic carbocycles. The summed E-state index contributed by atoms with van der Waals surface area (Å²) >= 11 is 0. The van der Waals surface area contributed by atoms with Crippen molar-refractivity contribution in [2.24, 2.45) is 5.73 Å². The number of hydrogen-bond acceptors (Lipinski definition) is 4. The molecule has 0 aromatic rings. The van der Waals surface area contributed by atoms with Gasteiger partial charge in [0.2, 0.25) is 0 Å². The summed E-state index contributed by atoms with van der Waals surface area (Å²) in [6.45, 7) is 12.4. The van der Waals surface area contributed by atoms with Crippen LogP contribution in [-0.4, -0.2) is 44.9 Å². The molecule has 0 aliphatic carbocycles. The molecule has 0 unspecified atom stereocenters. The van der Waals surface area contributed by atoms with Crippen molar-refractivity contribution >= 4 is 10.6 Å². The zero-order valence-electron chi connectivity index (χ0n) is 11.5. The molecular weight excluding hydrogens is 224 g/mol. The minimum Gasteiger partial charge on any atom is -0.329 e. The largest absolute Gasteiger partial charge is 0.329 e. The Morgan fingerprint density at radius 3 is 1.75 bits per heavy atom. The van der Waals surface area contributed by atoms with E-state index < -0.39 is 10.6 Å². The van der Waals surface area contributed by atoms with E-state index in [1.165, 1.54) is 0 Å². The van der Waals surface area contributed by atoms with Gasteiger partial charge >= 0.3 is 0 Å². The summed E-state index contributed by atoms with van der Waals surface area (Å²) < 4.78 is 11.0. The molecule has 0 spiro atoms. The van der Waals surface area contributed by atoms with Crippen LogP contribution in [0, 0.1) is 0 Å². The Morgan fingerprint density at radius 1 is 1.06 bits per heavy atom. The number of nitrogens with one attached hydrogen (secondary N) is 1. The zero-order chi connectivity index (χ0) is 12.9. The van der Waals surface area contributed by atoms with Crippen molar-refractivity contribution in [2.45, 2.75) is 27.7 Å². The highest BCUT2D eigenvalue weighted by Gasteiger charge is 2.09. The fourth-order valence-electron chi connectivity index (χ4n) is 0.978. The fraction of sp³-hybridized carbons (Fsp3) is 1.00. The van der Waals surface area contributed by atoms with Crippen molar-refractivity contribution < 1.29 is 8.37 Å². The van der Waals surface area contributed by atoms with Gasteiger partial charge < -0.3 is 11.1 Å². The molecule has 0 saturated carbocycles. The van der Waals surface area contributed by atoms with Gasteiger partial charge in [0.25, 0.3) is 0 Å². The first kappa shape index (κ1) is 18.6. The van der Waals surface area contributed by atoms with Gasteiger partial charge in [0.05, 0.1) is 13.2 Å². The molecule has 0 saturated heterocycles. The summed E-state index contributed by atoms with van der Waals surface area (Å²) in [5.74, 6) is 0.981. The SMILES string of the molecule is CCNCCN.CCOS(C)(CC)OCC. The second-order valence-corrected chi connectivity index (χ2v) is 6.07. The fourth-order valence-corrected chi connectivity index (χ4v) is 2.38. The van der Waals surface area contributed by atoms with Crippen LogP contribution in [0.2, 0.25) is 0 Å². The van der Waals surface area contributed by atoms with E-state index in [9.17, 15) is 0 Å². The minimum atomic E-state index is -1.18. The van der Waals surface area contributed by atoms with Gasteiger partial charge in [-0.1, -0.05) is 6.92 Å². The second-order valence-electron chi connectivity index (χ2n) is 3.17. The van der Waals surface area contributed by atoms with Gasteiger partial charge in [0.1, 0.15) is 0 Å². The van der Waals surface area contributed by atoms with E-state index in [0.717, 1.165) is 38.6 Å². The Kier molecular flexibility index (Phi) is 15.4. The molecule has 0 rings (SSSR count). The number of nitrogens with two attached hydrogens (primary N) is 1. The van der Waals surface area contributed by atoms with Crippen LogP contribution in [0.3, 0.4) is 0 Å². The zero-order valence-corrected chi connectivity index (χ0v) is 12.4. The Morgan fingerprint density at radius 2 is 1.56 bits per heavy atom. The van der Waals surface area contributed by atoms with E-state index in [0.29, 0.717) is 0 Å². The minimum absolute atomic E-state index is 0.744. The van der Waals surface area contributed by atoms with Crippen LogP contribution in [0.25, 0.3) is 0 Å². The predicted molar refractivity (Wildman–Crippen MR) is 74.9 cm³/mol. The molecule has 0 fully saturated rings. The van der Waals surface area contributed by atoms with Crippen LogP contribution in [-0.2, 0) is 8.37 Å². The lowest BCUT2D eigenvalue weighted by atomic mass is 10.6. The molecule has 102 valence electrons. The lowest BCUT2D eigenvalue weighted by molar-refractivity contribution is 0.280. The van der Waals surface area contributed by atoms with Crippen LogP contribution in [0.4, 0.5) is 0 Å². The van der Waals surface area contributed by atoms with Crippen LogP contribution < -0.4 is 11.1 Å². The molecule has 0 bridgehead atoms. The summed E-state index contributed by atoms with van der Waals surface area (Å²) in [5, 5.41) is 3.07. The number of hydrogen-bond donors (Lipinski definition) is 2.